The van der Waals surface area contributed by atoms with Gasteiger partial charge in [-0.15, -0.1) is 0 Å². The minimum absolute atomic E-state index is 0.0161. The van der Waals surface area contributed by atoms with Crippen LogP contribution < -0.4 is 10.1 Å². The molecule has 0 spiro atoms. The number of nitrogens with zero attached hydrogens (tertiary/aromatic N) is 3. The molecule has 0 aliphatic carbocycles. The van der Waals surface area contributed by atoms with Crippen molar-refractivity contribution in [1.82, 2.24) is 20.1 Å². The molecule has 3 rings (SSSR count). The summed E-state index contributed by atoms with van der Waals surface area (Å²) >= 11 is 5.81. The van der Waals surface area contributed by atoms with Crippen molar-refractivity contribution >= 4 is 23.5 Å². The zero-order chi connectivity index (χ0) is 16.2. The van der Waals surface area contributed by atoms with Crippen LogP contribution in [0, 0.1) is 0 Å². The lowest BCUT2D eigenvalue weighted by Gasteiger charge is -2.32. The van der Waals surface area contributed by atoms with Crippen LogP contribution in [0.2, 0.25) is 5.02 Å². The van der Waals surface area contributed by atoms with Crippen molar-refractivity contribution in [2.24, 2.45) is 0 Å². The Balaban J connectivity index is 1.52. The van der Waals surface area contributed by atoms with Crippen LogP contribution in [0.1, 0.15) is 12.8 Å². The van der Waals surface area contributed by atoms with Crippen molar-refractivity contribution in [2.45, 2.75) is 18.9 Å². The van der Waals surface area contributed by atoms with E-state index < -0.39 is 0 Å². The van der Waals surface area contributed by atoms with Crippen LogP contribution in [0.15, 0.2) is 18.3 Å². The number of hydrogen-bond acceptors (Lipinski definition) is 5. The zero-order valence-electron chi connectivity index (χ0n) is 12.7. The average Bonchev–Trinajstić information content (AvgIpc) is 2.96. The van der Waals surface area contributed by atoms with Crippen LogP contribution in [-0.2, 0) is 4.79 Å². The first-order chi connectivity index (χ1) is 11.1. The molecule has 3 amide bonds. The third kappa shape index (κ3) is 4.11. The number of pyridine rings is 1. The van der Waals surface area contributed by atoms with Crippen LogP contribution in [0.5, 0.6) is 5.88 Å². The summed E-state index contributed by atoms with van der Waals surface area (Å²) in [5, 5.41) is 3.20. The number of amides is 3. The van der Waals surface area contributed by atoms with Crippen LogP contribution in [0.4, 0.5) is 4.79 Å². The molecule has 0 radical (unpaired) electrons. The summed E-state index contributed by atoms with van der Waals surface area (Å²) in [6.07, 6.45) is 3.39. The van der Waals surface area contributed by atoms with Gasteiger partial charge >= 0.3 is 6.03 Å². The second-order valence-corrected chi connectivity index (χ2v) is 6.15. The molecule has 7 nitrogen and oxygen atoms in total. The van der Waals surface area contributed by atoms with Gasteiger partial charge < -0.3 is 10.1 Å². The summed E-state index contributed by atoms with van der Waals surface area (Å²) < 4.78 is 5.85. The number of imide groups is 1. The Bertz CT molecular complexity index is 581. The highest BCUT2D eigenvalue weighted by molar-refractivity contribution is 6.30. The van der Waals surface area contributed by atoms with Gasteiger partial charge in [0, 0.05) is 31.9 Å². The summed E-state index contributed by atoms with van der Waals surface area (Å²) in [5.74, 6) is 0.372. The number of carbonyl (C=O) groups is 2. The van der Waals surface area contributed by atoms with Gasteiger partial charge in [0.2, 0.25) is 11.8 Å². The third-order valence-corrected chi connectivity index (χ3v) is 4.19. The van der Waals surface area contributed by atoms with Crippen molar-refractivity contribution in [3.8, 4) is 5.88 Å². The van der Waals surface area contributed by atoms with Crippen molar-refractivity contribution in [3.05, 3.63) is 23.4 Å². The number of ether oxygens (including phenoxy) is 1. The van der Waals surface area contributed by atoms with Crippen molar-refractivity contribution in [2.75, 3.05) is 32.7 Å². The van der Waals surface area contributed by atoms with Crippen LogP contribution in [0.3, 0.4) is 0 Å². The molecule has 0 saturated carbocycles. The van der Waals surface area contributed by atoms with E-state index in [1.807, 2.05) is 4.90 Å². The number of halogens is 1. The fraction of sp³-hybridized carbons (Fsp3) is 0.533. The minimum atomic E-state index is -0.301. The predicted molar refractivity (Wildman–Crippen MR) is 84.4 cm³/mol. The summed E-state index contributed by atoms with van der Waals surface area (Å²) in [6.45, 7) is 2.68. The fourth-order valence-electron chi connectivity index (χ4n) is 2.84. The lowest BCUT2D eigenvalue weighted by molar-refractivity contribution is -0.129. The Morgan fingerprint density at radius 3 is 3.00 bits per heavy atom. The van der Waals surface area contributed by atoms with Gasteiger partial charge in [0.05, 0.1) is 11.6 Å². The van der Waals surface area contributed by atoms with E-state index in [1.54, 1.807) is 18.3 Å². The van der Waals surface area contributed by atoms with Gasteiger partial charge in [0.25, 0.3) is 0 Å². The first kappa shape index (κ1) is 16.0. The van der Waals surface area contributed by atoms with E-state index in [-0.39, 0.29) is 24.6 Å². The van der Waals surface area contributed by atoms with E-state index in [0.717, 1.165) is 19.4 Å². The van der Waals surface area contributed by atoms with Crippen molar-refractivity contribution in [1.29, 1.82) is 0 Å². The number of likely N-dealkylation sites (tertiary alicyclic amines) is 1. The van der Waals surface area contributed by atoms with Gasteiger partial charge in [-0.2, -0.15) is 0 Å². The molecular weight excluding hydrogens is 320 g/mol. The molecule has 23 heavy (non-hydrogen) atoms. The van der Waals surface area contributed by atoms with Crippen molar-refractivity contribution in [3.63, 3.8) is 0 Å². The highest BCUT2D eigenvalue weighted by atomic mass is 35.5. The van der Waals surface area contributed by atoms with E-state index in [9.17, 15) is 9.59 Å². The van der Waals surface area contributed by atoms with Crippen LogP contribution in [0.25, 0.3) is 0 Å². The molecule has 0 bridgehead atoms. The van der Waals surface area contributed by atoms with E-state index in [1.165, 1.54) is 4.90 Å². The van der Waals surface area contributed by atoms with Gasteiger partial charge in [-0.05, 0) is 25.5 Å². The third-order valence-electron chi connectivity index (χ3n) is 3.97. The molecule has 124 valence electrons. The monoisotopic (exact) mass is 338 g/mol. The van der Waals surface area contributed by atoms with E-state index in [2.05, 4.69) is 10.3 Å². The quantitative estimate of drug-likeness (QED) is 0.890. The number of rotatable bonds is 4. The maximum atomic E-state index is 12.2. The topological polar surface area (TPSA) is 74.8 Å². The SMILES string of the molecule is O=C(CN1CCCC(Oc2ccc(Cl)cn2)C1)N1CCNC1=O. The lowest BCUT2D eigenvalue weighted by atomic mass is 10.1. The molecular formula is C15H19ClN4O3. The predicted octanol–water partition coefficient (Wildman–Crippen LogP) is 1.13. The van der Waals surface area contributed by atoms with Gasteiger partial charge in [-0.3, -0.25) is 14.6 Å². The molecule has 0 aromatic carbocycles. The summed E-state index contributed by atoms with van der Waals surface area (Å²) in [5.41, 5.74) is 0. The molecule has 8 heteroatoms. The number of hydrogen-bond donors (Lipinski definition) is 1. The Morgan fingerprint density at radius 2 is 2.30 bits per heavy atom. The lowest BCUT2D eigenvalue weighted by Crippen LogP contribution is -2.47. The molecule has 1 atom stereocenters. The maximum Gasteiger partial charge on any atom is 0.324 e. The second kappa shape index (κ2) is 7.14. The molecule has 2 fully saturated rings. The Kier molecular flexibility index (Phi) is 4.97. The minimum Gasteiger partial charge on any atom is -0.473 e. The summed E-state index contributed by atoms with van der Waals surface area (Å²) in [7, 11) is 0. The molecule has 3 heterocycles. The van der Waals surface area contributed by atoms with Gasteiger partial charge in [0.1, 0.15) is 6.10 Å². The normalized spacial score (nSPS) is 22.0. The standard InChI is InChI=1S/C15H19ClN4O3/c16-11-3-4-13(18-8-11)23-12-2-1-6-19(9-12)10-14(21)20-7-5-17-15(20)22/h3-4,8,12H,1-2,5-7,9-10H2,(H,17,22). The summed E-state index contributed by atoms with van der Waals surface area (Å²) in [6, 6.07) is 3.17. The van der Waals surface area contributed by atoms with Crippen molar-refractivity contribution < 1.29 is 14.3 Å². The molecule has 1 unspecified atom stereocenters. The maximum absolute atomic E-state index is 12.2. The molecule has 2 saturated heterocycles. The zero-order valence-corrected chi connectivity index (χ0v) is 13.5. The number of nitrogens with one attached hydrogen (secondary N) is 1. The summed E-state index contributed by atoms with van der Waals surface area (Å²) in [4.78, 5) is 31.1. The van der Waals surface area contributed by atoms with E-state index >= 15 is 0 Å². The van der Waals surface area contributed by atoms with Gasteiger partial charge in [-0.25, -0.2) is 9.78 Å². The van der Waals surface area contributed by atoms with Gasteiger partial charge in [-0.1, -0.05) is 11.6 Å². The highest BCUT2D eigenvalue weighted by Crippen LogP contribution is 2.18. The Hall–Kier alpha value is -1.86. The van der Waals surface area contributed by atoms with E-state index in [0.29, 0.717) is 30.5 Å². The molecule has 2 aliphatic heterocycles. The Labute approximate surface area is 139 Å². The average molecular weight is 339 g/mol. The Morgan fingerprint density at radius 1 is 1.43 bits per heavy atom. The smallest absolute Gasteiger partial charge is 0.324 e. The second-order valence-electron chi connectivity index (χ2n) is 5.71. The van der Waals surface area contributed by atoms with Gasteiger partial charge in [0.15, 0.2) is 0 Å². The largest absolute Gasteiger partial charge is 0.473 e. The number of carbonyl (C=O) groups excluding carboxylic acids is 2. The number of piperidine rings is 1. The molecule has 1 aromatic rings. The van der Waals surface area contributed by atoms with E-state index in [4.69, 9.17) is 16.3 Å². The van der Waals surface area contributed by atoms with Crippen LogP contribution in [-0.4, -0.2) is 65.5 Å². The first-order valence-corrected chi connectivity index (χ1v) is 8.08. The molecule has 1 aromatic heterocycles. The molecule has 2 aliphatic rings. The fourth-order valence-corrected chi connectivity index (χ4v) is 2.95. The molecule has 1 N–H and O–H groups in total. The number of urea groups is 1. The number of aromatic nitrogens is 1. The highest BCUT2D eigenvalue weighted by Gasteiger charge is 2.29. The first-order valence-electron chi connectivity index (χ1n) is 7.70. The van der Waals surface area contributed by atoms with Crippen LogP contribution >= 0.6 is 11.6 Å².